The van der Waals surface area contributed by atoms with E-state index in [4.69, 9.17) is 5.14 Å². The number of amides is 1. The summed E-state index contributed by atoms with van der Waals surface area (Å²) in [5.41, 5.74) is 0.237. The quantitative estimate of drug-likeness (QED) is 0.728. The molecule has 0 saturated carbocycles. The first-order valence-electron chi connectivity index (χ1n) is 5.15. The summed E-state index contributed by atoms with van der Waals surface area (Å²) in [5.74, 6) is -0.237. The van der Waals surface area contributed by atoms with E-state index in [0.29, 0.717) is 6.29 Å². The van der Waals surface area contributed by atoms with Crippen molar-refractivity contribution in [2.75, 3.05) is 11.4 Å². The number of aromatic nitrogens is 1. The summed E-state index contributed by atoms with van der Waals surface area (Å²) in [4.78, 5) is 27.7. The van der Waals surface area contributed by atoms with Gasteiger partial charge < -0.3 is 0 Å². The summed E-state index contributed by atoms with van der Waals surface area (Å²) in [6, 6.07) is 3.07. The van der Waals surface area contributed by atoms with Crippen molar-refractivity contribution >= 4 is 28.0 Å². The zero-order valence-corrected chi connectivity index (χ0v) is 10.1. The van der Waals surface area contributed by atoms with Crippen LogP contribution in [0, 0.1) is 0 Å². The third kappa shape index (κ3) is 2.24. The van der Waals surface area contributed by atoms with Crippen LogP contribution in [-0.2, 0) is 14.8 Å². The van der Waals surface area contributed by atoms with Crippen LogP contribution in [0.15, 0.2) is 18.3 Å². The van der Waals surface area contributed by atoms with Crippen LogP contribution in [0.3, 0.4) is 0 Å². The number of hydrogen-bond donors (Lipinski definition) is 1. The number of sulfonamides is 1. The number of aldehydes is 1. The Labute approximate surface area is 104 Å². The average molecular weight is 269 g/mol. The fourth-order valence-electron chi connectivity index (χ4n) is 1.83. The lowest BCUT2D eigenvalue weighted by atomic mass is 10.2. The number of carbonyl (C=O) groups excluding carboxylic acids is 2. The van der Waals surface area contributed by atoms with E-state index in [1.807, 2.05) is 0 Å². The molecule has 0 bridgehead atoms. The van der Waals surface area contributed by atoms with E-state index < -0.39 is 21.2 Å². The van der Waals surface area contributed by atoms with Crippen molar-refractivity contribution < 1.29 is 18.0 Å². The molecule has 0 aromatic carbocycles. The number of nitrogens with two attached hydrogens (primary N) is 1. The summed E-state index contributed by atoms with van der Waals surface area (Å²) < 4.78 is 22.4. The zero-order chi connectivity index (χ0) is 13.3. The Morgan fingerprint density at radius 3 is 2.78 bits per heavy atom. The normalized spacial score (nSPS) is 20.2. The Morgan fingerprint density at radius 1 is 1.50 bits per heavy atom. The van der Waals surface area contributed by atoms with Crippen molar-refractivity contribution in [1.82, 2.24) is 4.98 Å². The molecule has 0 aliphatic carbocycles. The van der Waals surface area contributed by atoms with Gasteiger partial charge in [-0.1, -0.05) is 0 Å². The van der Waals surface area contributed by atoms with Crippen LogP contribution in [0.25, 0.3) is 0 Å². The van der Waals surface area contributed by atoms with Gasteiger partial charge in [-0.2, -0.15) is 0 Å². The monoisotopic (exact) mass is 269 g/mol. The van der Waals surface area contributed by atoms with Gasteiger partial charge in [0.15, 0.2) is 6.29 Å². The SMILES string of the molecule is NS(=O)(=O)C1CC(=O)N(c2ncccc2C=O)C1. The second-order valence-electron chi connectivity index (χ2n) is 3.95. The number of pyridine rings is 1. The predicted octanol–water partition coefficient (Wildman–Crippen LogP) is -0.712. The minimum absolute atomic E-state index is 0.0739. The van der Waals surface area contributed by atoms with Gasteiger partial charge in [-0.05, 0) is 12.1 Å². The highest BCUT2D eigenvalue weighted by molar-refractivity contribution is 7.89. The Balaban J connectivity index is 2.36. The molecule has 0 spiro atoms. The van der Waals surface area contributed by atoms with Gasteiger partial charge in [-0.15, -0.1) is 0 Å². The Morgan fingerprint density at radius 2 is 2.22 bits per heavy atom. The van der Waals surface area contributed by atoms with Crippen LogP contribution >= 0.6 is 0 Å². The minimum Gasteiger partial charge on any atom is -0.298 e. The Bertz CT molecular complexity index is 599. The standard InChI is InChI=1S/C10H11N3O4S/c11-18(16,17)8-4-9(15)13(5-8)10-7(6-14)2-1-3-12-10/h1-3,6,8H,4-5H2,(H2,11,16,17). The van der Waals surface area contributed by atoms with Crippen LogP contribution in [0.4, 0.5) is 5.82 Å². The first-order valence-corrected chi connectivity index (χ1v) is 6.76. The van der Waals surface area contributed by atoms with E-state index >= 15 is 0 Å². The molecular weight excluding hydrogens is 258 g/mol. The summed E-state index contributed by atoms with van der Waals surface area (Å²) in [5, 5.41) is 4.06. The van der Waals surface area contributed by atoms with E-state index in [0.717, 1.165) is 0 Å². The number of nitrogens with zero attached hydrogens (tertiary/aromatic N) is 2. The van der Waals surface area contributed by atoms with E-state index in [1.165, 1.54) is 17.2 Å². The summed E-state index contributed by atoms with van der Waals surface area (Å²) in [6.07, 6.45) is 1.81. The first kappa shape index (κ1) is 12.7. The lowest BCUT2D eigenvalue weighted by Crippen LogP contribution is -2.32. The molecule has 1 atom stereocenters. The molecular formula is C10H11N3O4S. The van der Waals surface area contributed by atoms with Gasteiger partial charge in [0.25, 0.3) is 0 Å². The molecule has 1 saturated heterocycles. The molecule has 18 heavy (non-hydrogen) atoms. The van der Waals surface area contributed by atoms with Crippen LogP contribution in [-0.4, -0.2) is 37.4 Å². The molecule has 1 aliphatic rings. The molecule has 1 unspecified atom stereocenters. The molecule has 1 fully saturated rings. The highest BCUT2D eigenvalue weighted by Gasteiger charge is 2.38. The van der Waals surface area contributed by atoms with E-state index in [2.05, 4.69) is 4.98 Å². The fraction of sp³-hybridized carbons (Fsp3) is 0.300. The number of hydrogen-bond acceptors (Lipinski definition) is 5. The van der Waals surface area contributed by atoms with Crippen molar-refractivity contribution in [1.29, 1.82) is 0 Å². The lowest BCUT2D eigenvalue weighted by molar-refractivity contribution is -0.117. The van der Waals surface area contributed by atoms with Crippen molar-refractivity contribution in [3.63, 3.8) is 0 Å². The maximum absolute atomic E-state index is 11.7. The maximum atomic E-state index is 11.7. The number of carbonyl (C=O) groups is 2. The molecule has 0 radical (unpaired) electrons. The molecule has 96 valence electrons. The van der Waals surface area contributed by atoms with Crippen LogP contribution in [0.2, 0.25) is 0 Å². The Kier molecular flexibility index (Phi) is 3.14. The van der Waals surface area contributed by atoms with Gasteiger partial charge in [0.1, 0.15) is 11.1 Å². The van der Waals surface area contributed by atoms with Crippen LogP contribution < -0.4 is 10.0 Å². The number of rotatable bonds is 3. The fourth-order valence-corrected chi connectivity index (χ4v) is 2.56. The van der Waals surface area contributed by atoms with Crippen molar-refractivity contribution in [2.45, 2.75) is 11.7 Å². The topological polar surface area (TPSA) is 110 Å². The van der Waals surface area contributed by atoms with Crippen molar-refractivity contribution in [2.24, 2.45) is 5.14 Å². The molecule has 1 aliphatic heterocycles. The summed E-state index contributed by atoms with van der Waals surface area (Å²) in [6.45, 7) is -0.0739. The maximum Gasteiger partial charge on any atom is 0.229 e. The highest BCUT2D eigenvalue weighted by Crippen LogP contribution is 2.24. The minimum atomic E-state index is -3.77. The second-order valence-corrected chi connectivity index (χ2v) is 5.80. The van der Waals surface area contributed by atoms with Crippen molar-refractivity contribution in [3.05, 3.63) is 23.9 Å². The molecule has 2 N–H and O–H groups in total. The van der Waals surface area contributed by atoms with E-state index in [-0.39, 0.29) is 24.3 Å². The van der Waals surface area contributed by atoms with E-state index in [9.17, 15) is 18.0 Å². The molecule has 1 aromatic rings. The largest absolute Gasteiger partial charge is 0.298 e. The summed E-state index contributed by atoms with van der Waals surface area (Å²) in [7, 11) is -3.77. The van der Waals surface area contributed by atoms with Gasteiger partial charge in [0.2, 0.25) is 15.9 Å². The summed E-state index contributed by atoms with van der Waals surface area (Å²) >= 11 is 0. The third-order valence-electron chi connectivity index (χ3n) is 2.75. The number of anilines is 1. The third-order valence-corrected chi connectivity index (χ3v) is 4.00. The van der Waals surface area contributed by atoms with Crippen LogP contribution in [0.5, 0.6) is 0 Å². The van der Waals surface area contributed by atoms with Gasteiger partial charge in [0.05, 0.1) is 5.56 Å². The second kappa shape index (κ2) is 4.46. The van der Waals surface area contributed by atoms with Gasteiger partial charge >= 0.3 is 0 Å². The molecule has 1 aromatic heterocycles. The molecule has 1 amide bonds. The van der Waals surface area contributed by atoms with Crippen molar-refractivity contribution in [3.8, 4) is 0 Å². The lowest BCUT2D eigenvalue weighted by Gasteiger charge is -2.16. The van der Waals surface area contributed by atoms with Gasteiger partial charge in [-0.3, -0.25) is 14.5 Å². The zero-order valence-electron chi connectivity index (χ0n) is 9.31. The highest BCUT2D eigenvalue weighted by atomic mass is 32.2. The first-order chi connectivity index (χ1) is 8.43. The van der Waals surface area contributed by atoms with Gasteiger partial charge in [0, 0.05) is 19.2 Å². The molecule has 2 rings (SSSR count). The average Bonchev–Trinajstić information content (AvgIpc) is 2.71. The van der Waals surface area contributed by atoms with Gasteiger partial charge in [-0.25, -0.2) is 18.5 Å². The predicted molar refractivity (Wildman–Crippen MR) is 63.5 cm³/mol. The number of primary sulfonamides is 1. The van der Waals surface area contributed by atoms with E-state index in [1.54, 1.807) is 6.07 Å². The van der Waals surface area contributed by atoms with Crippen LogP contribution in [0.1, 0.15) is 16.8 Å². The molecule has 7 nitrogen and oxygen atoms in total. The molecule has 2 heterocycles. The molecule has 8 heteroatoms. The smallest absolute Gasteiger partial charge is 0.229 e. The Hall–Kier alpha value is -1.80.